The fourth-order valence-electron chi connectivity index (χ4n) is 0.612. The summed E-state index contributed by atoms with van der Waals surface area (Å²) in [5.41, 5.74) is 1.20. The molecule has 0 amide bonds. The van der Waals surface area contributed by atoms with Crippen molar-refractivity contribution in [1.29, 1.82) is 0 Å². The lowest BCUT2D eigenvalue weighted by molar-refractivity contribution is 1.41. The van der Waals surface area contributed by atoms with Crippen LogP contribution < -0.4 is 0 Å². The quantitative estimate of drug-likeness (QED) is 0.526. The van der Waals surface area contributed by atoms with Gasteiger partial charge in [0, 0.05) is 0 Å². The van der Waals surface area contributed by atoms with Gasteiger partial charge in [0.1, 0.15) is 0 Å². The minimum atomic E-state index is 0.165. The Labute approximate surface area is 68.8 Å². The maximum atomic E-state index is 4.20. The maximum absolute atomic E-state index is 4.20. The summed E-state index contributed by atoms with van der Waals surface area (Å²) >= 11 is 7.55. The summed E-state index contributed by atoms with van der Waals surface area (Å²) in [5.74, 6) is 0. The molecule has 0 spiro atoms. The predicted molar refractivity (Wildman–Crippen MR) is 47.1 cm³/mol. The summed E-state index contributed by atoms with van der Waals surface area (Å²) in [5, 5.41) is 0. The lowest BCUT2D eigenvalue weighted by atomic mass is 10.2. The minimum Gasteiger partial charge on any atom is -0.159 e. The van der Waals surface area contributed by atoms with Crippen molar-refractivity contribution < 1.29 is 0 Å². The first kappa shape index (κ1) is 7.16. The van der Waals surface area contributed by atoms with Gasteiger partial charge in [-0.1, -0.05) is 46.3 Å². The average Bonchev–Trinajstić information content (AvgIpc) is 1.90. The lowest BCUT2D eigenvalue weighted by Gasteiger charge is -1.99. The Hall–Kier alpha value is 0.0500. The fraction of sp³-hybridized carbons (Fsp3) is 0.143. The summed E-state index contributed by atoms with van der Waals surface area (Å²) in [6.45, 7) is 0. The van der Waals surface area contributed by atoms with Gasteiger partial charge in [0.15, 0.2) is 0 Å². The molecule has 1 aromatic carbocycles. The minimum absolute atomic E-state index is 0.165. The van der Waals surface area contributed by atoms with Gasteiger partial charge >= 0.3 is 0 Å². The highest BCUT2D eigenvalue weighted by molar-refractivity contribution is 9.10. The number of benzene rings is 1. The van der Waals surface area contributed by atoms with Gasteiger partial charge in [-0.05, 0) is 5.56 Å². The molecular formula is C7H7BrS. The Balaban J connectivity index is 2.85. The van der Waals surface area contributed by atoms with Crippen molar-refractivity contribution in [2.45, 2.75) is 4.16 Å². The molecule has 0 aliphatic heterocycles. The zero-order valence-electron chi connectivity index (χ0n) is 4.79. The van der Waals surface area contributed by atoms with E-state index in [-0.39, 0.29) is 4.16 Å². The molecule has 0 nitrogen and oxygen atoms in total. The first-order valence-corrected chi connectivity index (χ1v) is 4.11. The van der Waals surface area contributed by atoms with Gasteiger partial charge in [0.2, 0.25) is 0 Å². The zero-order valence-corrected chi connectivity index (χ0v) is 7.27. The summed E-state index contributed by atoms with van der Waals surface area (Å²) in [6.07, 6.45) is 0. The second kappa shape index (κ2) is 3.28. The second-order valence-corrected chi connectivity index (χ2v) is 3.89. The molecule has 48 valence electrons. The molecule has 0 fully saturated rings. The van der Waals surface area contributed by atoms with Crippen LogP contribution in [-0.2, 0) is 0 Å². The summed E-state index contributed by atoms with van der Waals surface area (Å²) in [7, 11) is 0. The van der Waals surface area contributed by atoms with Crippen LogP contribution in [0.4, 0.5) is 0 Å². The van der Waals surface area contributed by atoms with Crippen LogP contribution >= 0.6 is 28.6 Å². The smallest absolute Gasteiger partial charge is 0.0819 e. The van der Waals surface area contributed by atoms with Crippen molar-refractivity contribution >= 4 is 28.6 Å². The molecule has 1 rings (SSSR count). The first-order chi connectivity index (χ1) is 4.30. The standard InChI is InChI=1S/C7H7BrS/c8-7(9)6-4-2-1-3-5-6/h1-5,7,9H. The van der Waals surface area contributed by atoms with Crippen LogP contribution in [0, 0.1) is 0 Å². The van der Waals surface area contributed by atoms with Crippen LogP contribution in [-0.4, -0.2) is 0 Å². The Kier molecular flexibility index (Phi) is 2.61. The fourth-order valence-corrected chi connectivity index (χ4v) is 1.09. The highest BCUT2D eigenvalue weighted by Gasteiger charge is 1.96. The third kappa shape index (κ3) is 2.03. The van der Waals surface area contributed by atoms with Gasteiger partial charge in [-0.15, -0.1) is 0 Å². The van der Waals surface area contributed by atoms with E-state index in [9.17, 15) is 0 Å². The average molecular weight is 203 g/mol. The van der Waals surface area contributed by atoms with E-state index in [2.05, 4.69) is 28.6 Å². The largest absolute Gasteiger partial charge is 0.159 e. The third-order valence-corrected chi connectivity index (χ3v) is 1.90. The Bertz CT molecular complexity index is 172. The van der Waals surface area contributed by atoms with E-state index in [1.165, 1.54) is 5.56 Å². The van der Waals surface area contributed by atoms with Crippen molar-refractivity contribution in [2.75, 3.05) is 0 Å². The van der Waals surface area contributed by atoms with Crippen molar-refractivity contribution in [1.82, 2.24) is 0 Å². The normalized spacial score (nSPS) is 13.1. The van der Waals surface area contributed by atoms with E-state index in [1.54, 1.807) is 0 Å². The van der Waals surface area contributed by atoms with Crippen molar-refractivity contribution in [3.8, 4) is 0 Å². The number of alkyl halides is 1. The highest BCUT2D eigenvalue weighted by Crippen LogP contribution is 2.25. The molecule has 0 saturated carbocycles. The predicted octanol–water partition coefficient (Wildman–Crippen LogP) is 3.01. The molecule has 0 heterocycles. The van der Waals surface area contributed by atoms with Crippen LogP contribution in [0.3, 0.4) is 0 Å². The SMILES string of the molecule is SC(Br)c1ccccc1. The molecule has 9 heavy (non-hydrogen) atoms. The molecule has 0 saturated heterocycles. The van der Waals surface area contributed by atoms with Gasteiger partial charge in [-0.2, -0.15) is 12.6 Å². The van der Waals surface area contributed by atoms with Crippen molar-refractivity contribution in [3.05, 3.63) is 35.9 Å². The first-order valence-electron chi connectivity index (χ1n) is 2.68. The number of hydrogen-bond donors (Lipinski definition) is 1. The molecule has 1 unspecified atom stereocenters. The van der Waals surface area contributed by atoms with Crippen LogP contribution in [0.15, 0.2) is 30.3 Å². The van der Waals surface area contributed by atoms with E-state index in [0.717, 1.165) is 0 Å². The van der Waals surface area contributed by atoms with E-state index in [4.69, 9.17) is 0 Å². The summed E-state index contributed by atoms with van der Waals surface area (Å²) < 4.78 is 0.165. The van der Waals surface area contributed by atoms with Gasteiger partial charge in [0.05, 0.1) is 4.16 Å². The molecule has 2 heteroatoms. The Morgan fingerprint density at radius 3 is 2.11 bits per heavy atom. The van der Waals surface area contributed by atoms with Crippen LogP contribution in [0.25, 0.3) is 0 Å². The molecule has 0 N–H and O–H groups in total. The molecule has 0 radical (unpaired) electrons. The molecule has 0 bridgehead atoms. The van der Waals surface area contributed by atoms with E-state index in [0.29, 0.717) is 0 Å². The summed E-state index contributed by atoms with van der Waals surface area (Å²) in [6, 6.07) is 10.1. The zero-order chi connectivity index (χ0) is 6.69. The monoisotopic (exact) mass is 202 g/mol. The Morgan fingerprint density at radius 1 is 1.22 bits per heavy atom. The van der Waals surface area contributed by atoms with Gasteiger partial charge in [-0.3, -0.25) is 0 Å². The number of thiol groups is 1. The van der Waals surface area contributed by atoms with Crippen LogP contribution in [0.5, 0.6) is 0 Å². The Morgan fingerprint density at radius 2 is 1.78 bits per heavy atom. The number of rotatable bonds is 1. The van der Waals surface area contributed by atoms with E-state index >= 15 is 0 Å². The lowest BCUT2D eigenvalue weighted by Crippen LogP contribution is -1.76. The third-order valence-electron chi connectivity index (χ3n) is 1.07. The molecule has 0 aliphatic carbocycles. The molecule has 1 aromatic rings. The van der Waals surface area contributed by atoms with Gasteiger partial charge in [0.25, 0.3) is 0 Å². The summed E-state index contributed by atoms with van der Waals surface area (Å²) in [4.78, 5) is 0. The van der Waals surface area contributed by atoms with Crippen molar-refractivity contribution in [3.63, 3.8) is 0 Å². The molecule has 1 atom stereocenters. The van der Waals surface area contributed by atoms with E-state index in [1.807, 2.05) is 30.3 Å². The van der Waals surface area contributed by atoms with Crippen LogP contribution in [0.2, 0.25) is 0 Å². The number of hydrogen-bond acceptors (Lipinski definition) is 1. The van der Waals surface area contributed by atoms with Crippen molar-refractivity contribution in [2.24, 2.45) is 0 Å². The molecule has 0 aromatic heterocycles. The highest BCUT2D eigenvalue weighted by atomic mass is 79.9. The van der Waals surface area contributed by atoms with Gasteiger partial charge in [-0.25, -0.2) is 0 Å². The van der Waals surface area contributed by atoms with E-state index < -0.39 is 0 Å². The second-order valence-electron chi connectivity index (χ2n) is 1.75. The van der Waals surface area contributed by atoms with Crippen LogP contribution in [0.1, 0.15) is 9.72 Å². The molecule has 0 aliphatic rings. The number of halogens is 1. The van der Waals surface area contributed by atoms with Gasteiger partial charge < -0.3 is 0 Å². The molecular weight excluding hydrogens is 196 g/mol. The maximum Gasteiger partial charge on any atom is 0.0819 e. The topological polar surface area (TPSA) is 0 Å².